The lowest BCUT2D eigenvalue weighted by Crippen LogP contribution is -2.27. The molecule has 4 nitrogen and oxygen atoms in total. The van der Waals surface area contributed by atoms with E-state index in [1.54, 1.807) is 12.1 Å². The summed E-state index contributed by atoms with van der Waals surface area (Å²) in [5, 5.41) is 14.4. The number of benzene rings is 2. The van der Waals surface area contributed by atoms with Crippen LogP contribution in [0.25, 0.3) is 10.8 Å². The van der Waals surface area contributed by atoms with Crippen molar-refractivity contribution in [3.63, 3.8) is 0 Å². The number of aromatic hydroxyl groups is 1. The third-order valence-corrected chi connectivity index (χ3v) is 3.84. The Balaban J connectivity index is 2.18. The summed E-state index contributed by atoms with van der Waals surface area (Å²) in [5.74, 6) is -0.0631. The molecular weight excluding hydrogens is 296 g/mol. The van der Waals surface area contributed by atoms with Gasteiger partial charge in [-0.25, -0.2) is 0 Å². The van der Waals surface area contributed by atoms with E-state index in [2.05, 4.69) is 5.32 Å². The van der Waals surface area contributed by atoms with Crippen molar-refractivity contribution in [1.29, 1.82) is 0 Å². The van der Waals surface area contributed by atoms with Gasteiger partial charge in [0.1, 0.15) is 4.99 Å². The highest BCUT2D eigenvalue weighted by atomic mass is 32.1. The molecule has 0 aliphatic heterocycles. The summed E-state index contributed by atoms with van der Waals surface area (Å²) in [6.45, 7) is 0. The van der Waals surface area contributed by atoms with Crippen molar-refractivity contribution in [2.45, 2.75) is 0 Å². The van der Waals surface area contributed by atoms with Crippen molar-refractivity contribution in [1.82, 2.24) is 4.57 Å². The van der Waals surface area contributed by atoms with Gasteiger partial charge >= 0.3 is 0 Å². The number of nitrogens with zero attached hydrogens (tertiary/aromatic N) is 1. The molecule has 110 valence electrons. The van der Waals surface area contributed by atoms with Crippen molar-refractivity contribution in [2.24, 2.45) is 7.05 Å². The minimum absolute atomic E-state index is 0.0631. The van der Waals surface area contributed by atoms with Gasteiger partial charge in [0.2, 0.25) is 5.88 Å². The first-order chi connectivity index (χ1) is 10.6. The smallest absolute Gasteiger partial charge is 0.263 e. The van der Waals surface area contributed by atoms with E-state index >= 15 is 0 Å². The number of rotatable bonds is 2. The second-order valence-corrected chi connectivity index (χ2v) is 5.34. The summed E-state index contributed by atoms with van der Waals surface area (Å²) in [6.07, 6.45) is 0. The standard InChI is InChI=1S/C17H14N2O2S/c1-19-16(20)13-10-6-5-9-12(13)14(17(19)21)15(22)18-11-7-3-2-4-8-11/h2-10,20H,1H3,(H,18,22). The molecule has 3 aromatic rings. The van der Waals surface area contributed by atoms with Crippen LogP contribution >= 0.6 is 12.2 Å². The lowest BCUT2D eigenvalue weighted by Gasteiger charge is -2.13. The molecule has 0 amide bonds. The van der Waals surface area contributed by atoms with Gasteiger partial charge in [0, 0.05) is 23.5 Å². The molecule has 5 heteroatoms. The lowest BCUT2D eigenvalue weighted by molar-refractivity contribution is 0.430. The molecule has 2 aromatic carbocycles. The molecule has 1 heterocycles. The van der Waals surface area contributed by atoms with Crippen LogP contribution in [0.2, 0.25) is 0 Å². The second-order valence-electron chi connectivity index (χ2n) is 4.93. The Bertz CT molecular complexity index is 917. The number of thiocarbonyl (C=S) groups is 1. The van der Waals surface area contributed by atoms with Gasteiger partial charge in [0.15, 0.2) is 0 Å². The van der Waals surface area contributed by atoms with Gasteiger partial charge in [0.25, 0.3) is 5.56 Å². The number of para-hydroxylation sites is 1. The zero-order valence-corrected chi connectivity index (χ0v) is 12.7. The van der Waals surface area contributed by atoms with Crippen LogP contribution in [0.15, 0.2) is 59.4 Å². The molecule has 0 aliphatic rings. The molecule has 1 aromatic heterocycles. The Morgan fingerprint density at radius 3 is 2.32 bits per heavy atom. The van der Waals surface area contributed by atoms with E-state index < -0.39 is 0 Å². The van der Waals surface area contributed by atoms with Crippen LogP contribution in [-0.4, -0.2) is 14.7 Å². The van der Waals surface area contributed by atoms with E-state index in [1.165, 1.54) is 11.6 Å². The topological polar surface area (TPSA) is 54.3 Å². The lowest BCUT2D eigenvalue weighted by atomic mass is 10.1. The molecule has 0 saturated carbocycles. The van der Waals surface area contributed by atoms with Crippen LogP contribution in [0.4, 0.5) is 5.69 Å². The SMILES string of the molecule is Cn1c(O)c2ccccc2c(C(=S)Nc2ccccc2)c1=O. The highest BCUT2D eigenvalue weighted by Gasteiger charge is 2.17. The van der Waals surface area contributed by atoms with Gasteiger partial charge < -0.3 is 10.4 Å². The summed E-state index contributed by atoms with van der Waals surface area (Å²) >= 11 is 5.41. The monoisotopic (exact) mass is 310 g/mol. The third kappa shape index (κ3) is 2.35. The van der Waals surface area contributed by atoms with E-state index in [-0.39, 0.29) is 11.4 Å². The highest BCUT2D eigenvalue weighted by molar-refractivity contribution is 7.81. The fourth-order valence-electron chi connectivity index (χ4n) is 2.39. The molecule has 22 heavy (non-hydrogen) atoms. The summed E-state index contributed by atoms with van der Waals surface area (Å²) in [7, 11) is 1.53. The van der Waals surface area contributed by atoms with Gasteiger partial charge in [-0.1, -0.05) is 48.6 Å². The van der Waals surface area contributed by atoms with Gasteiger partial charge in [-0.2, -0.15) is 0 Å². The second kappa shape index (κ2) is 5.61. The summed E-state index contributed by atoms with van der Waals surface area (Å²) in [5.41, 5.74) is 0.867. The summed E-state index contributed by atoms with van der Waals surface area (Å²) in [4.78, 5) is 12.8. The molecule has 2 N–H and O–H groups in total. The molecule has 0 saturated heterocycles. The maximum atomic E-state index is 12.5. The van der Waals surface area contributed by atoms with Gasteiger partial charge in [-0.3, -0.25) is 9.36 Å². The van der Waals surface area contributed by atoms with Gasteiger partial charge in [-0.05, 0) is 18.2 Å². The van der Waals surface area contributed by atoms with Crippen LogP contribution in [0.3, 0.4) is 0 Å². The van der Waals surface area contributed by atoms with Gasteiger partial charge in [0.05, 0.1) is 5.56 Å². The molecule has 3 rings (SSSR count). The molecule has 0 unspecified atom stereocenters. The van der Waals surface area contributed by atoms with Crippen LogP contribution in [-0.2, 0) is 7.05 Å². The highest BCUT2D eigenvalue weighted by Crippen LogP contribution is 2.25. The Labute approximate surface area is 132 Å². The van der Waals surface area contributed by atoms with Crippen LogP contribution in [0.1, 0.15) is 5.56 Å². The first kappa shape index (κ1) is 14.3. The molecule has 0 spiro atoms. The Kier molecular flexibility index (Phi) is 3.65. The minimum Gasteiger partial charge on any atom is -0.494 e. The normalized spacial score (nSPS) is 10.6. The molecule has 0 aliphatic carbocycles. The fourth-order valence-corrected chi connectivity index (χ4v) is 2.71. The molecular formula is C17H14N2O2S. The Morgan fingerprint density at radius 2 is 1.64 bits per heavy atom. The van der Waals surface area contributed by atoms with Crippen LogP contribution in [0.5, 0.6) is 5.88 Å². The third-order valence-electron chi connectivity index (χ3n) is 3.53. The largest absolute Gasteiger partial charge is 0.494 e. The van der Waals surface area contributed by atoms with Crippen molar-refractivity contribution in [2.75, 3.05) is 5.32 Å². The average Bonchev–Trinajstić information content (AvgIpc) is 2.54. The predicted molar refractivity (Wildman–Crippen MR) is 92.6 cm³/mol. The van der Waals surface area contributed by atoms with E-state index in [0.717, 1.165) is 5.69 Å². The Hall–Kier alpha value is -2.66. The fraction of sp³-hybridized carbons (Fsp3) is 0.0588. The number of hydrogen-bond donors (Lipinski definition) is 2. The maximum absolute atomic E-state index is 12.5. The van der Waals surface area contributed by atoms with Crippen LogP contribution in [0, 0.1) is 0 Å². The number of hydrogen-bond acceptors (Lipinski definition) is 3. The Morgan fingerprint density at radius 1 is 1.05 bits per heavy atom. The number of pyridine rings is 1. The van der Waals surface area contributed by atoms with Crippen molar-refractivity contribution >= 4 is 33.7 Å². The van der Waals surface area contributed by atoms with E-state index in [0.29, 0.717) is 21.3 Å². The maximum Gasteiger partial charge on any atom is 0.263 e. The first-order valence-corrected chi connectivity index (χ1v) is 7.17. The first-order valence-electron chi connectivity index (χ1n) is 6.76. The molecule has 0 bridgehead atoms. The average molecular weight is 310 g/mol. The van der Waals surface area contributed by atoms with Crippen LogP contribution < -0.4 is 10.9 Å². The number of aromatic nitrogens is 1. The number of fused-ring (bicyclic) bond motifs is 1. The zero-order valence-electron chi connectivity index (χ0n) is 11.9. The number of anilines is 1. The van der Waals surface area contributed by atoms with Gasteiger partial charge in [-0.15, -0.1) is 0 Å². The van der Waals surface area contributed by atoms with E-state index in [9.17, 15) is 9.90 Å². The molecule has 0 radical (unpaired) electrons. The zero-order chi connectivity index (χ0) is 15.7. The van der Waals surface area contributed by atoms with E-state index in [4.69, 9.17) is 12.2 Å². The van der Waals surface area contributed by atoms with Crippen molar-refractivity contribution < 1.29 is 5.11 Å². The molecule has 0 atom stereocenters. The van der Waals surface area contributed by atoms with Crippen molar-refractivity contribution in [3.8, 4) is 5.88 Å². The van der Waals surface area contributed by atoms with Crippen molar-refractivity contribution in [3.05, 3.63) is 70.5 Å². The minimum atomic E-state index is -0.329. The summed E-state index contributed by atoms with van der Waals surface area (Å²) < 4.78 is 1.20. The van der Waals surface area contributed by atoms with E-state index in [1.807, 2.05) is 42.5 Å². The summed E-state index contributed by atoms with van der Waals surface area (Å²) in [6, 6.07) is 16.6. The number of nitrogens with one attached hydrogen (secondary N) is 1. The predicted octanol–water partition coefficient (Wildman–Crippen LogP) is 3.03. The quantitative estimate of drug-likeness (QED) is 0.714. The molecule has 0 fully saturated rings.